The average molecular weight is 838 g/mol. The van der Waals surface area contributed by atoms with Crippen LogP contribution in [0.3, 0.4) is 0 Å². The van der Waals surface area contributed by atoms with E-state index in [0.717, 1.165) is 12.2 Å². The number of rotatable bonds is 24. The van der Waals surface area contributed by atoms with Crippen molar-refractivity contribution >= 4 is 29.8 Å². The Labute approximate surface area is 354 Å². The van der Waals surface area contributed by atoms with Crippen LogP contribution in [-0.4, -0.2) is 82.6 Å². The molecule has 0 spiro atoms. The fraction of sp³-hybridized carbons (Fsp3) is 0.442. The van der Waals surface area contributed by atoms with Crippen LogP contribution in [0.25, 0.3) is 0 Å². The molecule has 320 valence electrons. The number of allylic oxidation sites excluding steroid dienone is 7. The number of hydrogen-bond donors (Lipinski definition) is 2. The minimum atomic E-state index is -0.933. The van der Waals surface area contributed by atoms with Gasteiger partial charge in [-0.25, -0.2) is 14.4 Å². The Morgan fingerprint density at radius 1 is 0.607 bits per heavy atom. The molecule has 0 heterocycles. The van der Waals surface area contributed by atoms with Crippen molar-refractivity contribution in [2.24, 2.45) is 11.8 Å². The van der Waals surface area contributed by atoms with Crippen molar-refractivity contribution in [1.29, 1.82) is 26.3 Å². The van der Waals surface area contributed by atoms with E-state index in [1.54, 1.807) is 19.1 Å². The zero-order valence-electron chi connectivity index (χ0n) is 34.0. The molecule has 2 rings (SSSR count). The van der Waals surface area contributed by atoms with E-state index in [1.165, 1.54) is 0 Å². The van der Waals surface area contributed by atoms with Crippen LogP contribution in [0.5, 0.6) is 0 Å². The molecule has 61 heavy (non-hydrogen) atoms. The maximum absolute atomic E-state index is 13.5. The predicted octanol–water partition coefficient (Wildman–Crippen LogP) is 3.90. The zero-order valence-corrected chi connectivity index (χ0v) is 34.0. The summed E-state index contributed by atoms with van der Waals surface area (Å²) < 4.78 is 30.9. The minimum Gasteiger partial charge on any atom is -0.495 e. The number of ether oxygens (including phenoxy) is 6. The summed E-state index contributed by atoms with van der Waals surface area (Å²) in [6.07, 6.45) is 4.27. The van der Waals surface area contributed by atoms with E-state index >= 15 is 0 Å². The van der Waals surface area contributed by atoms with Crippen molar-refractivity contribution in [3.8, 4) is 30.3 Å². The molecule has 18 heteroatoms. The number of hydrogen-bond acceptors (Lipinski definition) is 18. The molecule has 0 saturated carbocycles. The van der Waals surface area contributed by atoms with Crippen LogP contribution in [-0.2, 0) is 52.4 Å². The van der Waals surface area contributed by atoms with E-state index in [1.807, 2.05) is 12.1 Å². The Balaban J connectivity index is 2.17. The smallest absolute Gasteiger partial charge is 0.340 e. The van der Waals surface area contributed by atoms with Crippen LogP contribution in [0.2, 0.25) is 0 Å². The second kappa shape index (κ2) is 27.1. The SMILES string of the molecule is C=CC(=O)OCCOC(=O)C1=C(NCCCCCCNC2=C(C#N)C(=C(C#N)C#N)CC(C(=O)OCCOC(=C)C)C2)CC(C(=O)OCCOC(=O)C=C)CC1=C(C#N)C#N. The third kappa shape index (κ3) is 16.3. The number of unbranched alkanes of at least 4 members (excludes halogenated alkanes) is 3. The van der Waals surface area contributed by atoms with E-state index in [4.69, 9.17) is 28.4 Å². The molecule has 0 amide bonds. The number of carbonyl (C=O) groups is 5. The minimum absolute atomic E-state index is 0.0144. The molecule has 0 aromatic heterocycles. The van der Waals surface area contributed by atoms with Crippen molar-refractivity contribution < 1.29 is 52.4 Å². The van der Waals surface area contributed by atoms with Crippen LogP contribution in [0.15, 0.2) is 82.5 Å². The van der Waals surface area contributed by atoms with Gasteiger partial charge in [0.05, 0.1) is 28.7 Å². The van der Waals surface area contributed by atoms with Gasteiger partial charge in [-0.1, -0.05) is 32.6 Å². The molecule has 0 aromatic rings. The number of nitriles is 5. The lowest BCUT2D eigenvalue weighted by Crippen LogP contribution is -2.32. The molecule has 0 radical (unpaired) electrons. The van der Waals surface area contributed by atoms with Crippen LogP contribution < -0.4 is 10.6 Å². The normalized spacial score (nSPS) is 15.4. The molecule has 2 aliphatic rings. The highest BCUT2D eigenvalue weighted by Gasteiger charge is 2.37. The lowest BCUT2D eigenvalue weighted by atomic mass is 9.81. The van der Waals surface area contributed by atoms with Gasteiger partial charge in [0.15, 0.2) is 0 Å². The van der Waals surface area contributed by atoms with Crippen molar-refractivity contribution in [3.63, 3.8) is 0 Å². The Morgan fingerprint density at radius 3 is 1.51 bits per heavy atom. The van der Waals surface area contributed by atoms with Gasteiger partial charge in [0.1, 0.15) is 81.1 Å². The summed E-state index contributed by atoms with van der Waals surface area (Å²) in [7, 11) is 0. The first-order valence-corrected chi connectivity index (χ1v) is 19.2. The van der Waals surface area contributed by atoms with Crippen molar-refractivity contribution in [2.45, 2.75) is 58.3 Å². The summed E-state index contributed by atoms with van der Waals surface area (Å²) >= 11 is 0. The third-order valence-electron chi connectivity index (χ3n) is 8.97. The van der Waals surface area contributed by atoms with E-state index in [0.29, 0.717) is 50.2 Å². The fourth-order valence-electron chi connectivity index (χ4n) is 6.14. The molecule has 2 unspecified atom stereocenters. The van der Waals surface area contributed by atoms with Gasteiger partial charge in [0.2, 0.25) is 0 Å². The van der Waals surface area contributed by atoms with Gasteiger partial charge in [-0.05, 0) is 38.2 Å². The van der Waals surface area contributed by atoms with Crippen LogP contribution in [0.1, 0.15) is 58.3 Å². The van der Waals surface area contributed by atoms with Gasteiger partial charge < -0.3 is 39.1 Å². The summed E-state index contributed by atoms with van der Waals surface area (Å²) in [5.41, 5.74) is 0.115. The molecule has 0 aromatic carbocycles. The molecule has 0 aliphatic heterocycles. The summed E-state index contributed by atoms with van der Waals surface area (Å²) in [5.74, 6) is -4.85. The molecule has 0 fully saturated rings. The largest absolute Gasteiger partial charge is 0.495 e. The monoisotopic (exact) mass is 837 g/mol. The third-order valence-corrected chi connectivity index (χ3v) is 8.97. The standard InChI is InChI=1S/C43H47N7O11/c1-5-38(51)57-14-17-60-42(54)30-20-34(32(25-46)26-47)40(43(55)61-18-15-58-39(52)6-2)37(22-30)50-12-10-8-7-9-11-49-36-21-29(41(53)59-16-13-56-28(3)4)19-33(35(36)27-48)31(23-44)24-45/h5-6,29-30,49-50H,1-3,7-22H2,4H3. The summed E-state index contributed by atoms with van der Waals surface area (Å²) in [4.78, 5) is 62.3. The highest BCUT2D eigenvalue weighted by molar-refractivity contribution is 5.96. The first-order chi connectivity index (χ1) is 29.4. The number of nitrogens with one attached hydrogen (secondary N) is 2. The molecule has 2 atom stereocenters. The molecule has 0 bridgehead atoms. The lowest BCUT2D eigenvalue weighted by molar-refractivity contribution is -0.153. The van der Waals surface area contributed by atoms with Crippen LogP contribution in [0, 0.1) is 68.5 Å². The second-order valence-corrected chi connectivity index (χ2v) is 13.2. The van der Waals surface area contributed by atoms with Crippen LogP contribution >= 0.6 is 0 Å². The summed E-state index contributed by atoms with van der Waals surface area (Å²) in [5, 5.41) is 55.0. The first-order valence-electron chi connectivity index (χ1n) is 19.2. The number of esters is 5. The molecule has 2 aliphatic carbocycles. The summed E-state index contributed by atoms with van der Waals surface area (Å²) in [6.45, 7) is 11.5. The van der Waals surface area contributed by atoms with Crippen molar-refractivity contribution in [3.05, 3.63) is 82.5 Å². The van der Waals surface area contributed by atoms with Crippen molar-refractivity contribution in [2.75, 3.05) is 52.7 Å². The van der Waals surface area contributed by atoms with E-state index in [-0.39, 0.29) is 98.9 Å². The highest BCUT2D eigenvalue weighted by Crippen LogP contribution is 2.37. The van der Waals surface area contributed by atoms with Gasteiger partial charge in [0.25, 0.3) is 0 Å². The van der Waals surface area contributed by atoms with Gasteiger partial charge in [-0.2, -0.15) is 26.3 Å². The van der Waals surface area contributed by atoms with Gasteiger partial charge in [-0.3, -0.25) is 9.59 Å². The molecule has 2 N–H and O–H groups in total. The highest BCUT2D eigenvalue weighted by atomic mass is 16.6. The average Bonchev–Trinajstić information content (AvgIpc) is 3.26. The second-order valence-electron chi connectivity index (χ2n) is 13.2. The van der Waals surface area contributed by atoms with Gasteiger partial charge in [0, 0.05) is 55.1 Å². The first kappa shape index (κ1) is 49.5. The Hall–Kier alpha value is -7.62. The maximum Gasteiger partial charge on any atom is 0.340 e. The quantitative estimate of drug-likeness (QED) is 0.0348. The van der Waals surface area contributed by atoms with Crippen molar-refractivity contribution in [1.82, 2.24) is 10.6 Å². The fourth-order valence-corrected chi connectivity index (χ4v) is 6.14. The Morgan fingerprint density at radius 2 is 1.03 bits per heavy atom. The molecule has 18 nitrogen and oxygen atoms in total. The lowest BCUT2D eigenvalue weighted by Gasteiger charge is -2.28. The van der Waals surface area contributed by atoms with E-state index < -0.39 is 47.3 Å². The van der Waals surface area contributed by atoms with E-state index in [2.05, 4.69) is 36.4 Å². The number of carbonyl (C=O) groups excluding carboxylic acids is 5. The van der Waals surface area contributed by atoms with Crippen LogP contribution in [0.4, 0.5) is 0 Å². The number of nitrogens with zero attached hydrogens (tertiary/aromatic N) is 5. The van der Waals surface area contributed by atoms with Gasteiger partial charge in [-0.15, -0.1) is 0 Å². The zero-order chi connectivity index (χ0) is 45.2. The summed E-state index contributed by atoms with van der Waals surface area (Å²) in [6, 6.07) is 9.24. The van der Waals surface area contributed by atoms with Gasteiger partial charge >= 0.3 is 29.8 Å². The molecule has 0 saturated heterocycles. The Kier molecular flexibility index (Phi) is 22.0. The predicted molar refractivity (Wildman–Crippen MR) is 212 cm³/mol. The molecular weight excluding hydrogens is 791 g/mol. The maximum atomic E-state index is 13.5. The Bertz CT molecular complexity index is 2030. The topological polar surface area (TPSA) is 284 Å². The molecular formula is C43H47N7O11. The van der Waals surface area contributed by atoms with E-state index in [9.17, 15) is 50.3 Å².